The van der Waals surface area contributed by atoms with Gasteiger partial charge in [0, 0.05) is 0 Å². The molecular formula is C21H23P. The van der Waals surface area contributed by atoms with Crippen molar-refractivity contribution in [1.82, 2.24) is 0 Å². The van der Waals surface area contributed by atoms with Crippen molar-refractivity contribution in [3.8, 4) is 0 Å². The molecule has 0 bridgehead atoms. The molecule has 2 rings (SSSR count). The Hall–Kier alpha value is -2.17. The van der Waals surface area contributed by atoms with Gasteiger partial charge < -0.3 is 0 Å². The van der Waals surface area contributed by atoms with Gasteiger partial charge in [0.05, 0.1) is 0 Å². The van der Waals surface area contributed by atoms with Crippen LogP contribution in [0, 0.1) is 0 Å². The molecule has 0 saturated carbocycles. The van der Waals surface area contributed by atoms with Crippen LogP contribution in [-0.2, 0) is 0 Å². The second-order valence-corrected chi connectivity index (χ2v) is 9.29. The molecule has 22 heavy (non-hydrogen) atoms. The number of hydrogen-bond acceptors (Lipinski definition) is 0. The zero-order chi connectivity index (χ0) is 15.8. The van der Waals surface area contributed by atoms with Crippen LogP contribution < -0.4 is 10.6 Å². The second-order valence-electron chi connectivity index (χ2n) is 5.30. The number of rotatable bonds is 6. The maximum absolute atomic E-state index is 4.06. The van der Waals surface area contributed by atoms with E-state index in [1.165, 1.54) is 15.9 Å². The van der Waals surface area contributed by atoms with E-state index in [4.69, 9.17) is 0 Å². The van der Waals surface area contributed by atoms with Gasteiger partial charge in [0.15, 0.2) is 0 Å². The average molecular weight is 306 g/mol. The summed E-state index contributed by atoms with van der Waals surface area (Å²) in [6.45, 7) is 10.2. The van der Waals surface area contributed by atoms with E-state index in [9.17, 15) is 0 Å². The van der Waals surface area contributed by atoms with E-state index in [0.29, 0.717) is 0 Å². The molecule has 0 unspecified atom stereocenters. The predicted octanol–water partition coefficient (Wildman–Crippen LogP) is 4.83. The Morgan fingerprint density at radius 3 is 1.73 bits per heavy atom. The van der Waals surface area contributed by atoms with Crippen LogP contribution in [0.2, 0.25) is 0 Å². The molecule has 0 aliphatic heterocycles. The predicted molar refractivity (Wildman–Crippen MR) is 104 cm³/mol. The Kier molecular flexibility index (Phi) is 5.69. The molecule has 1 heteroatoms. The third-order valence-corrected chi connectivity index (χ3v) is 8.52. The summed E-state index contributed by atoms with van der Waals surface area (Å²) in [4.78, 5) is 0. The number of benzene rings is 2. The van der Waals surface area contributed by atoms with Crippen molar-refractivity contribution in [2.75, 3.05) is 6.66 Å². The van der Waals surface area contributed by atoms with Crippen LogP contribution in [0.25, 0.3) is 0 Å². The van der Waals surface area contributed by atoms with Gasteiger partial charge in [-0.1, -0.05) is 0 Å². The minimum absolute atomic E-state index is 1.29. The standard InChI is InChI=1S/C21H23P/c1-4-6-9-14-19(5-2)22(3,20-15-10-7-11-16-20)21-17-12-8-13-18-21/h4-18,22H,1-2H2,3H3/b9-6-,19-14+. The van der Waals surface area contributed by atoms with E-state index in [1.807, 2.05) is 18.2 Å². The van der Waals surface area contributed by atoms with Gasteiger partial charge in [-0.3, -0.25) is 0 Å². The molecule has 0 fully saturated rings. The molecule has 0 saturated heterocycles. The van der Waals surface area contributed by atoms with E-state index in [0.717, 1.165) is 0 Å². The molecule has 0 heterocycles. The molecule has 2 aromatic carbocycles. The van der Waals surface area contributed by atoms with Gasteiger partial charge in [-0.15, -0.1) is 0 Å². The molecular weight excluding hydrogens is 283 g/mol. The van der Waals surface area contributed by atoms with E-state index in [2.05, 4.69) is 86.6 Å². The van der Waals surface area contributed by atoms with Crippen molar-refractivity contribution in [2.24, 2.45) is 0 Å². The molecule has 0 aromatic heterocycles. The zero-order valence-corrected chi connectivity index (χ0v) is 14.1. The van der Waals surface area contributed by atoms with Crippen LogP contribution in [0.5, 0.6) is 0 Å². The fraction of sp³-hybridized carbons (Fsp3) is 0.0476. The van der Waals surface area contributed by atoms with Crippen molar-refractivity contribution in [3.63, 3.8) is 0 Å². The van der Waals surface area contributed by atoms with Crippen LogP contribution in [0.15, 0.2) is 110 Å². The van der Waals surface area contributed by atoms with Gasteiger partial charge in [0.2, 0.25) is 0 Å². The van der Waals surface area contributed by atoms with Crippen molar-refractivity contribution in [2.45, 2.75) is 0 Å². The Balaban J connectivity index is 2.65. The molecule has 0 aliphatic carbocycles. The summed E-state index contributed by atoms with van der Waals surface area (Å²) in [5.74, 6) is 0. The first-order valence-corrected chi connectivity index (χ1v) is 9.97. The SMILES string of the molecule is C=C/C=C\C=C(/C=C)[PH](C)(c1ccccc1)c1ccccc1. The van der Waals surface area contributed by atoms with Crippen LogP contribution in [0.3, 0.4) is 0 Å². The Bertz CT molecular complexity index is 639. The Labute approximate surface area is 134 Å². The normalized spacial score (nSPS) is 13.0. The summed E-state index contributed by atoms with van der Waals surface area (Å²) in [5, 5.41) is 4.07. The van der Waals surface area contributed by atoms with Crippen molar-refractivity contribution >= 4 is 17.9 Å². The third-order valence-electron chi connectivity index (χ3n) is 4.02. The summed E-state index contributed by atoms with van der Waals surface area (Å²) in [6, 6.07) is 21.5. The summed E-state index contributed by atoms with van der Waals surface area (Å²) < 4.78 is 0. The van der Waals surface area contributed by atoms with Gasteiger partial charge in [-0.2, -0.15) is 0 Å². The summed E-state index contributed by atoms with van der Waals surface area (Å²) in [7, 11) is -2.02. The van der Waals surface area contributed by atoms with Crippen LogP contribution in [0.1, 0.15) is 0 Å². The topological polar surface area (TPSA) is 0 Å². The van der Waals surface area contributed by atoms with E-state index in [1.54, 1.807) is 6.08 Å². The first kappa shape index (κ1) is 16.2. The molecule has 0 spiro atoms. The van der Waals surface area contributed by atoms with Gasteiger partial charge in [0.25, 0.3) is 0 Å². The van der Waals surface area contributed by atoms with Gasteiger partial charge >= 0.3 is 134 Å². The van der Waals surface area contributed by atoms with Gasteiger partial charge in [-0.25, -0.2) is 0 Å². The second kappa shape index (κ2) is 7.73. The minimum atomic E-state index is -2.02. The first-order valence-electron chi connectivity index (χ1n) is 7.47. The first-order chi connectivity index (χ1) is 10.7. The van der Waals surface area contributed by atoms with E-state index >= 15 is 0 Å². The van der Waals surface area contributed by atoms with Crippen LogP contribution >= 0.6 is 7.26 Å². The fourth-order valence-electron chi connectivity index (χ4n) is 2.72. The zero-order valence-electron chi connectivity index (χ0n) is 13.1. The van der Waals surface area contributed by atoms with Crippen LogP contribution in [0.4, 0.5) is 0 Å². The molecule has 112 valence electrons. The monoisotopic (exact) mass is 306 g/mol. The van der Waals surface area contributed by atoms with Crippen LogP contribution in [-0.4, -0.2) is 6.66 Å². The molecule has 0 aliphatic rings. The number of allylic oxidation sites excluding steroid dienone is 6. The Morgan fingerprint density at radius 2 is 1.32 bits per heavy atom. The van der Waals surface area contributed by atoms with Gasteiger partial charge in [-0.05, 0) is 0 Å². The van der Waals surface area contributed by atoms with Gasteiger partial charge in [0.1, 0.15) is 0 Å². The van der Waals surface area contributed by atoms with Crippen molar-refractivity contribution in [3.05, 3.63) is 110 Å². The molecule has 2 aromatic rings. The summed E-state index contributed by atoms with van der Waals surface area (Å²) in [5.41, 5.74) is 0. The summed E-state index contributed by atoms with van der Waals surface area (Å²) in [6.07, 6.45) is 9.96. The third kappa shape index (κ3) is 3.35. The fourth-order valence-corrected chi connectivity index (χ4v) is 6.28. The molecule has 0 radical (unpaired) electrons. The summed E-state index contributed by atoms with van der Waals surface area (Å²) >= 11 is 0. The molecule has 0 nitrogen and oxygen atoms in total. The maximum atomic E-state index is 4.06. The van der Waals surface area contributed by atoms with E-state index < -0.39 is 7.26 Å². The molecule has 0 atom stereocenters. The number of hydrogen-bond donors (Lipinski definition) is 0. The van der Waals surface area contributed by atoms with Crippen molar-refractivity contribution in [1.29, 1.82) is 0 Å². The average Bonchev–Trinajstić information content (AvgIpc) is 2.60. The quantitative estimate of drug-likeness (QED) is 0.530. The Morgan fingerprint density at radius 1 is 0.818 bits per heavy atom. The van der Waals surface area contributed by atoms with E-state index in [-0.39, 0.29) is 0 Å². The molecule has 0 N–H and O–H groups in total. The van der Waals surface area contributed by atoms with Crippen molar-refractivity contribution < 1.29 is 0 Å². The molecule has 0 amide bonds.